The van der Waals surface area contributed by atoms with Crippen LogP contribution in [0.15, 0.2) is 0 Å². The number of aliphatic hydroxyl groups is 1. The largest absolute Gasteiger partial charge is 0.389 e. The van der Waals surface area contributed by atoms with Gasteiger partial charge < -0.3 is 15.3 Å². The van der Waals surface area contributed by atoms with Crippen LogP contribution in [0.5, 0.6) is 0 Å². The fourth-order valence-electron chi connectivity index (χ4n) is 2.23. The number of aromatic nitrogens is 2. The highest BCUT2D eigenvalue weighted by Crippen LogP contribution is 2.27. The summed E-state index contributed by atoms with van der Waals surface area (Å²) in [6, 6.07) is 0. The van der Waals surface area contributed by atoms with Crippen LogP contribution in [0.25, 0.3) is 0 Å². The number of anilines is 2. The highest BCUT2D eigenvalue weighted by atomic mass is 16.3. The predicted octanol–water partition coefficient (Wildman–Crippen LogP) is 2.94. The van der Waals surface area contributed by atoms with Gasteiger partial charge in [-0.1, -0.05) is 13.8 Å². The van der Waals surface area contributed by atoms with Crippen molar-refractivity contribution < 1.29 is 5.11 Å². The number of nitrogens with one attached hydrogen (secondary N) is 1. The molecule has 1 aromatic rings. The van der Waals surface area contributed by atoms with E-state index in [4.69, 9.17) is 4.98 Å². The summed E-state index contributed by atoms with van der Waals surface area (Å²) < 4.78 is 0. The Hall–Kier alpha value is -1.36. The quantitative estimate of drug-likeness (QED) is 0.809. The fraction of sp³-hybridized carbons (Fsp3) is 0.750. The van der Waals surface area contributed by atoms with E-state index in [1.807, 2.05) is 20.8 Å². The first-order chi connectivity index (χ1) is 9.69. The second kappa shape index (κ2) is 7.07. The molecule has 0 unspecified atom stereocenters. The molecular formula is C16H30N4O. The van der Waals surface area contributed by atoms with Gasteiger partial charge in [-0.15, -0.1) is 0 Å². The van der Waals surface area contributed by atoms with Crippen molar-refractivity contribution in [3.05, 3.63) is 11.4 Å². The van der Waals surface area contributed by atoms with E-state index in [0.29, 0.717) is 6.54 Å². The molecule has 0 aliphatic heterocycles. The van der Waals surface area contributed by atoms with Crippen LogP contribution in [0.4, 0.5) is 11.6 Å². The van der Waals surface area contributed by atoms with Crippen LogP contribution < -0.4 is 10.2 Å². The Kier molecular flexibility index (Phi) is 5.96. The molecule has 5 heteroatoms. The van der Waals surface area contributed by atoms with E-state index in [9.17, 15) is 5.11 Å². The Balaban J connectivity index is 3.30. The molecule has 0 saturated carbocycles. The molecule has 21 heavy (non-hydrogen) atoms. The minimum absolute atomic E-state index is 0.266. The van der Waals surface area contributed by atoms with Crippen LogP contribution in [0.1, 0.15) is 58.8 Å². The van der Waals surface area contributed by atoms with Crippen LogP contribution in [-0.2, 0) is 0 Å². The normalized spacial score (nSPS) is 11.9. The maximum Gasteiger partial charge on any atom is 0.137 e. The van der Waals surface area contributed by atoms with Gasteiger partial charge in [0.1, 0.15) is 17.5 Å². The maximum atomic E-state index is 10.1. The van der Waals surface area contributed by atoms with Gasteiger partial charge in [0, 0.05) is 31.1 Å². The van der Waals surface area contributed by atoms with Crippen molar-refractivity contribution in [3.8, 4) is 0 Å². The van der Waals surface area contributed by atoms with Gasteiger partial charge in [0.25, 0.3) is 0 Å². The molecule has 0 bridgehead atoms. The van der Waals surface area contributed by atoms with Gasteiger partial charge in [-0.3, -0.25) is 0 Å². The highest BCUT2D eigenvalue weighted by Gasteiger charge is 2.22. The smallest absolute Gasteiger partial charge is 0.137 e. The summed E-state index contributed by atoms with van der Waals surface area (Å²) in [5.74, 6) is 2.90. The number of nitrogens with zero attached hydrogens (tertiary/aromatic N) is 3. The van der Waals surface area contributed by atoms with Crippen LogP contribution >= 0.6 is 0 Å². The first-order valence-corrected chi connectivity index (χ1v) is 7.79. The number of hydrogen-bond acceptors (Lipinski definition) is 5. The van der Waals surface area contributed by atoms with Gasteiger partial charge in [-0.2, -0.15) is 0 Å². The highest BCUT2D eigenvalue weighted by molar-refractivity contribution is 5.59. The Bertz CT molecular complexity index is 466. The molecule has 0 aliphatic rings. The van der Waals surface area contributed by atoms with E-state index in [1.165, 1.54) is 0 Å². The van der Waals surface area contributed by atoms with Crippen LogP contribution in [0, 0.1) is 6.92 Å². The van der Waals surface area contributed by atoms with E-state index in [-0.39, 0.29) is 5.92 Å². The van der Waals surface area contributed by atoms with Crippen molar-refractivity contribution in [1.29, 1.82) is 0 Å². The molecule has 1 rings (SSSR count). The van der Waals surface area contributed by atoms with Crippen molar-refractivity contribution >= 4 is 11.6 Å². The number of hydrogen-bond donors (Lipinski definition) is 2. The first kappa shape index (κ1) is 17.7. The zero-order valence-corrected chi connectivity index (χ0v) is 14.5. The average molecular weight is 294 g/mol. The summed E-state index contributed by atoms with van der Waals surface area (Å²) in [5, 5.41) is 13.4. The van der Waals surface area contributed by atoms with Crippen molar-refractivity contribution in [3.63, 3.8) is 0 Å². The molecule has 0 atom stereocenters. The molecule has 0 radical (unpaired) electrons. The second-order valence-corrected chi connectivity index (χ2v) is 6.39. The lowest BCUT2D eigenvalue weighted by Crippen LogP contribution is -2.39. The Morgan fingerprint density at radius 1 is 1.24 bits per heavy atom. The van der Waals surface area contributed by atoms with E-state index < -0.39 is 5.60 Å². The van der Waals surface area contributed by atoms with Crippen molar-refractivity contribution in [2.75, 3.05) is 29.9 Å². The topological polar surface area (TPSA) is 61.3 Å². The first-order valence-electron chi connectivity index (χ1n) is 7.79. The molecule has 2 N–H and O–H groups in total. The Morgan fingerprint density at radius 2 is 1.86 bits per heavy atom. The van der Waals surface area contributed by atoms with Gasteiger partial charge in [0.05, 0.1) is 5.60 Å². The molecule has 0 saturated heterocycles. The molecular weight excluding hydrogens is 264 g/mol. The minimum atomic E-state index is -0.760. The molecule has 0 amide bonds. The lowest BCUT2D eigenvalue weighted by atomic mass is 10.1. The van der Waals surface area contributed by atoms with Gasteiger partial charge in [-0.05, 0) is 34.6 Å². The second-order valence-electron chi connectivity index (χ2n) is 6.39. The minimum Gasteiger partial charge on any atom is -0.389 e. The monoisotopic (exact) mass is 294 g/mol. The molecule has 5 nitrogen and oxygen atoms in total. The summed E-state index contributed by atoms with van der Waals surface area (Å²) in [6.07, 6.45) is 0. The fourth-order valence-corrected chi connectivity index (χ4v) is 2.23. The van der Waals surface area contributed by atoms with Crippen molar-refractivity contribution in [1.82, 2.24) is 9.97 Å². The summed E-state index contributed by atoms with van der Waals surface area (Å²) in [4.78, 5) is 11.5. The van der Waals surface area contributed by atoms with Crippen LogP contribution in [0.2, 0.25) is 0 Å². The van der Waals surface area contributed by atoms with Crippen molar-refractivity contribution in [2.45, 2.75) is 60.0 Å². The average Bonchev–Trinajstić information content (AvgIpc) is 2.37. The van der Waals surface area contributed by atoms with Gasteiger partial charge in [-0.25, -0.2) is 9.97 Å². The van der Waals surface area contributed by atoms with Crippen LogP contribution in [-0.4, -0.2) is 40.3 Å². The summed E-state index contributed by atoms with van der Waals surface area (Å²) >= 11 is 0. The van der Waals surface area contributed by atoms with Crippen LogP contribution in [0.3, 0.4) is 0 Å². The number of likely N-dealkylation sites (N-methyl/N-ethyl adjacent to an activating group) is 1. The van der Waals surface area contributed by atoms with E-state index in [2.05, 4.69) is 42.9 Å². The zero-order valence-electron chi connectivity index (χ0n) is 14.5. The Morgan fingerprint density at radius 3 is 2.29 bits per heavy atom. The van der Waals surface area contributed by atoms with E-state index in [0.717, 1.165) is 36.1 Å². The SMILES string of the molecule is CCNc1nc(C(C)C)nc(N(CC)CC(C)(C)O)c1C. The summed E-state index contributed by atoms with van der Waals surface area (Å²) in [6.45, 7) is 16.2. The number of rotatable bonds is 7. The van der Waals surface area contributed by atoms with Gasteiger partial charge >= 0.3 is 0 Å². The molecule has 0 aromatic carbocycles. The van der Waals surface area contributed by atoms with E-state index in [1.54, 1.807) is 0 Å². The summed E-state index contributed by atoms with van der Waals surface area (Å²) in [5.41, 5.74) is 0.274. The van der Waals surface area contributed by atoms with E-state index >= 15 is 0 Å². The molecule has 0 fully saturated rings. The maximum absolute atomic E-state index is 10.1. The third-order valence-corrected chi connectivity index (χ3v) is 3.26. The molecule has 1 aromatic heterocycles. The zero-order chi connectivity index (χ0) is 16.2. The lowest BCUT2D eigenvalue weighted by Gasteiger charge is -2.31. The van der Waals surface area contributed by atoms with Crippen molar-refractivity contribution in [2.24, 2.45) is 0 Å². The lowest BCUT2D eigenvalue weighted by molar-refractivity contribution is 0.0874. The van der Waals surface area contributed by atoms with Gasteiger partial charge in [0.15, 0.2) is 0 Å². The Labute approximate surface area is 128 Å². The van der Waals surface area contributed by atoms with Gasteiger partial charge in [0.2, 0.25) is 0 Å². The molecule has 0 spiro atoms. The standard InChI is InChI=1S/C16H30N4O/c1-8-17-14-12(5)15(19-13(18-14)11(3)4)20(9-2)10-16(6,7)21/h11,21H,8-10H2,1-7H3,(H,17,18,19). The third-order valence-electron chi connectivity index (χ3n) is 3.26. The summed E-state index contributed by atoms with van der Waals surface area (Å²) in [7, 11) is 0. The third kappa shape index (κ3) is 4.84. The molecule has 120 valence electrons. The predicted molar refractivity (Wildman–Crippen MR) is 89.2 cm³/mol. The molecule has 1 heterocycles. The molecule has 0 aliphatic carbocycles.